The first kappa shape index (κ1) is 31.8. The molecule has 0 amide bonds. The third-order valence-electron chi connectivity index (χ3n) is 6.08. The van der Waals surface area contributed by atoms with Gasteiger partial charge < -0.3 is 52.1 Å². The van der Waals surface area contributed by atoms with E-state index in [0.717, 1.165) is 5.56 Å². The average Bonchev–Trinajstić information content (AvgIpc) is 3.84. The predicted molar refractivity (Wildman–Crippen MR) is 150 cm³/mol. The number of pyridine rings is 1. The number of epoxide rings is 1. The molecular weight excluding hydrogens is 566 g/mol. The summed E-state index contributed by atoms with van der Waals surface area (Å²) in [6.45, 7) is 0.0787. The van der Waals surface area contributed by atoms with Crippen molar-refractivity contribution in [3.8, 4) is 34.5 Å². The highest BCUT2D eigenvalue weighted by Crippen LogP contribution is 2.46. The molecule has 4 rings (SSSR count). The maximum atomic E-state index is 13.8. The molecule has 0 radical (unpaired) electrons. The van der Waals surface area contributed by atoms with Crippen LogP contribution in [0.1, 0.15) is 27.7 Å². The molecular formula is C30H35NO12. The van der Waals surface area contributed by atoms with Gasteiger partial charge in [-0.3, -0.25) is 9.78 Å². The van der Waals surface area contributed by atoms with Crippen molar-refractivity contribution < 1.29 is 56.9 Å². The molecule has 0 N–H and O–H groups in total. The molecule has 43 heavy (non-hydrogen) atoms. The monoisotopic (exact) mass is 601 g/mol. The summed E-state index contributed by atoms with van der Waals surface area (Å²) in [5.74, 6) is 1.98. The van der Waals surface area contributed by atoms with E-state index in [1.807, 2.05) is 6.07 Å². The number of ether oxygens (including phenoxy) is 11. The van der Waals surface area contributed by atoms with Crippen LogP contribution < -0.4 is 28.4 Å². The zero-order chi connectivity index (χ0) is 30.6. The lowest BCUT2D eigenvalue weighted by molar-refractivity contribution is 0.0397. The summed E-state index contributed by atoms with van der Waals surface area (Å²) in [7, 11) is 7.53. The van der Waals surface area contributed by atoms with E-state index in [4.69, 9.17) is 52.1 Å². The van der Waals surface area contributed by atoms with Crippen molar-refractivity contribution >= 4 is 5.78 Å². The van der Waals surface area contributed by atoms with E-state index in [9.17, 15) is 4.79 Å². The molecule has 0 spiro atoms. The molecule has 1 saturated heterocycles. The topological polar surface area (TPSA) is 135 Å². The molecule has 1 aromatic heterocycles. The fourth-order valence-corrected chi connectivity index (χ4v) is 4.04. The second kappa shape index (κ2) is 15.9. The van der Waals surface area contributed by atoms with Crippen molar-refractivity contribution in [3.05, 3.63) is 65.5 Å². The smallest absolute Gasteiger partial charge is 0.202 e. The van der Waals surface area contributed by atoms with Crippen molar-refractivity contribution in [1.29, 1.82) is 0 Å². The lowest BCUT2D eigenvalue weighted by atomic mass is 10.0. The lowest BCUT2D eigenvalue weighted by Gasteiger charge is -2.17. The molecule has 1 aliphatic rings. The van der Waals surface area contributed by atoms with Crippen LogP contribution in [0.4, 0.5) is 0 Å². The van der Waals surface area contributed by atoms with Crippen LogP contribution in [0, 0.1) is 0 Å². The maximum Gasteiger partial charge on any atom is 0.202 e. The van der Waals surface area contributed by atoms with Gasteiger partial charge in [-0.2, -0.15) is 0 Å². The normalized spacial score (nSPS) is 15.5. The highest BCUT2D eigenvalue weighted by molar-refractivity contribution is 6.06. The second-order valence-electron chi connectivity index (χ2n) is 9.02. The van der Waals surface area contributed by atoms with Crippen molar-refractivity contribution in [2.75, 3.05) is 62.7 Å². The first-order valence-electron chi connectivity index (χ1n) is 13.1. The largest absolute Gasteiger partial charge is 0.493 e. The standard InChI is InChI=1S/C30H35NO12/c1-33-15-39-21-8-7-20(31-13-21)14-38-24-10-19(6-9-23(24)37-5)29-30(43-29)28(32)27-25(41-17-35-3)11-22(40-16-34-2)12-26(27)42-18-36-4/h6-13,29-30H,14-18H2,1-5H3. The molecule has 2 atom stereocenters. The fourth-order valence-electron chi connectivity index (χ4n) is 4.04. The number of carbonyl (C=O) groups excluding carboxylic acids is 1. The van der Waals surface area contributed by atoms with Crippen LogP contribution in [0.5, 0.6) is 34.5 Å². The van der Waals surface area contributed by atoms with Crippen LogP contribution in [0.2, 0.25) is 0 Å². The molecule has 232 valence electrons. The van der Waals surface area contributed by atoms with E-state index in [1.54, 1.807) is 56.8 Å². The van der Waals surface area contributed by atoms with Gasteiger partial charge in [0, 0.05) is 40.6 Å². The Morgan fingerprint density at radius 1 is 0.698 bits per heavy atom. The number of carbonyl (C=O) groups is 1. The lowest BCUT2D eigenvalue weighted by Crippen LogP contribution is -2.15. The van der Waals surface area contributed by atoms with E-state index in [-0.39, 0.29) is 56.6 Å². The second-order valence-corrected chi connectivity index (χ2v) is 9.02. The summed E-state index contributed by atoms with van der Waals surface area (Å²) in [6.07, 6.45) is 0.250. The van der Waals surface area contributed by atoms with Crippen LogP contribution in [-0.4, -0.2) is 79.6 Å². The minimum Gasteiger partial charge on any atom is -0.493 e. The predicted octanol–water partition coefficient (Wildman–Crippen LogP) is 3.92. The van der Waals surface area contributed by atoms with Gasteiger partial charge in [0.15, 0.2) is 44.8 Å². The zero-order valence-corrected chi connectivity index (χ0v) is 24.7. The molecule has 2 unspecified atom stereocenters. The molecule has 13 nitrogen and oxygen atoms in total. The SMILES string of the molecule is COCOc1ccc(COc2cc(C3OC3C(=O)c3c(OCOC)cc(OCOC)cc3OCOC)ccc2OC)nc1. The molecule has 13 heteroatoms. The average molecular weight is 602 g/mol. The van der Waals surface area contributed by atoms with E-state index >= 15 is 0 Å². The molecule has 2 aromatic carbocycles. The summed E-state index contributed by atoms with van der Waals surface area (Å²) < 4.78 is 59.7. The third kappa shape index (κ3) is 8.46. The van der Waals surface area contributed by atoms with Gasteiger partial charge in [0.05, 0.1) is 19.0 Å². The minimum atomic E-state index is -0.803. The number of hydrogen-bond acceptors (Lipinski definition) is 13. The minimum absolute atomic E-state index is 0.0133. The number of rotatable bonds is 19. The van der Waals surface area contributed by atoms with E-state index in [2.05, 4.69) is 4.98 Å². The van der Waals surface area contributed by atoms with Gasteiger partial charge in [-0.25, -0.2) is 0 Å². The summed E-state index contributed by atoms with van der Waals surface area (Å²) in [4.78, 5) is 18.1. The molecule has 0 aliphatic carbocycles. The summed E-state index contributed by atoms with van der Waals surface area (Å²) in [5.41, 5.74) is 1.57. The van der Waals surface area contributed by atoms with Crippen LogP contribution in [0.3, 0.4) is 0 Å². The Hall–Kier alpha value is -4.14. The maximum absolute atomic E-state index is 13.8. The Morgan fingerprint density at radius 3 is 1.91 bits per heavy atom. The van der Waals surface area contributed by atoms with Crippen molar-refractivity contribution in [2.24, 2.45) is 0 Å². The van der Waals surface area contributed by atoms with Crippen LogP contribution in [0.15, 0.2) is 48.7 Å². The Morgan fingerprint density at radius 2 is 1.33 bits per heavy atom. The number of hydrogen-bond donors (Lipinski definition) is 0. The summed E-state index contributed by atoms with van der Waals surface area (Å²) in [5, 5.41) is 0. The first-order chi connectivity index (χ1) is 21.0. The van der Waals surface area contributed by atoms with Crippen molar-refractivity contribution in [1.82, 2.24) is 4.98 Å². The van der Waals surface area contributed by atoms with Gasteiger partial charge in [0.1, 0.15) is 41.3 Å². The van der Waals surface area contributed by atoms with Crippen LogP contribution in [-0.2, 0) is 30.3 Å². The van der Waals surface area contributed by atoms with E-state index in [1.165, 1.54) is 21.3 Å². The van der Waals surface area contributed by atoms with Crippen LogP contribution in [0.25, 0.3) is 0 Å². The van der Waals surface area contributed by atoms with Gasteiger partial charge >= 0.3 is 0 Å². The van der Waals surface area contributed by atoms with Gasteiger partial charge in [0.2, 0.25) is 5.78 Å². The van der Waals surface area contributed by atoms with Crippen molar-refractivity contribution in [3.63, 3.8) is 0 Å². The van der Waals surface area contributed by atoms with E-state index < -0.39 is 12.2 Å². The highest BCUT2D eigenvalue weighted by atomic mass is 16.7. The summed E-state index contributed by atoms with van der Waals surface area (Å²) in [6, 6.07) is 12.0. The number of Topliss-reactive ketones (excluding diaryl/α,β-unsaturated/α-hetero) is 1. The molecule has 2 heterocycles. The molecule has 1 fully saturated rings. The van der Waals surface area contributed by atoms with Gasteiger partial charge in [-0.15, -0.1) is 0 Å². The fraction of sp³-hybridized carbons (Fsp3) is 0.400. The summed E-state index contributed by atoms with van der Waals surface area (Å²) >= 11 is 0. The quantitative estimate of drug-likeness (QED) is 0.112. The number of benzene rings is 2. The number of aromatic nitrogens is 1. The molecule has 0 bridgehead atoms. The Labute approximate surface area is 249 Å². The zero-order valence-electron chi connectivity index (χ0n) is 24.7. The molecule has 1 aliphatic heterocycles. The Bertz CT molecular complexity index is 1300. The van der Waals surface area contributed by atoms with E-state index in [0.29, 0.717) is 28.7 Å². The third-order valence-corrected chi connectivity index (χ3v) is 6.08. The van der Waals surface area contributed by atoms with Gasteiger partial charge in [-0.1, -0.05) is 6.07 Å². The number of nitrogens with zero attached hydrogens (tertiary/aromatic N) is 1. The molecule has 3 aromatic rings. The van der Waals surface area contributed by atoms with Gasteiger partial charge in [0.25, 0.3) is 0 Å². The number of methoxy groups -OCH3 is 5. The van der Waals surface area contributed by atoms with Crippen molar-refractivity contribution in [2.45, 2.75) is 18.8 Å². The number of ketones is 1. The first-order valence-corrected chi connectivity index (χ1v) is 13.1. The highest BCUT2D eigenvalue weighted by Gasteiger charge is 2.48. The van der Waals surface area contributed by atoms with Crippen LogP contribution >= 0.6 is 0 Å². The molecule has 0 saturated carbocycles. The van der Waals surface area contributed by atoms with Gasteiger partial charge in [-0.05, 0) is 29.8 Å². The Kier molecular flexibility index (Phi) is 11.8. The Balaban J connectivity index is 1.52.